The molecule has 0 heterocycles. The van der Waals surface area contributed by atoms with E-state index in [2.05, 4.69) is 11.2 Å². The van der Waals surface area contributed by atoms with Gasteiger partial charge in [-0.3, -0.25) is 0 Å². The average molecular weight is 197 g/mol. The van der Waals surface area contributed by atoms with E-state index in [0.717, 1.165) is 6.42 Å². The van der Waals surface area contributed by atoms with Gasteiger partial charge >= 0.3 is 6.09 Å². The van der Waals surface area contributed by atoms with E-state index in [-0.39, 0.29) is 12.1 Å². The van der Waals surface area contributed by atoms with E-state index in [1.807, 2.05) is 20.8 Å². The first kappa shape index (κ1) is 12.8. The highest BCUT2D eigenvalue weighted by molar-refractivity contribution is 5.67. The van der Waals surface area contributed by atoms with Crippen LogP contribution in [0.25, 0.3) is 0 Å². The third-order valence-electron chi connectivity index (χ3n) is 1.73. The van der Waals surface area contributed by atoms with Crippen molar-refractivity contribution in [2.45, 2.75) is 39.7 Å². The number of hydrogen-bond donors (Lipinski definition) is 1. The molecule has 0 bridgehead atoms. The molecule has 0 fully saturated rings. The molecule has 1 amide bonds. The number of rotatable bonds is 5. The first-order chi connectivity index (χ1) is 6.60. The summed E-state index contributed by atoms with van der Waals surface area (Å²) in [4.78, 5) is 11.2. The summed E-state index contributed by atoms with van der Waals surface area (Å²) in [6, 6.07) is 0.0275. The maximum atomic E-state index is 11.2. The Morgan fingerprint density at radius 2 is 2.21 bits per heavy atom. The molecule has 3 heteroatoms. The van der Waals surface area contributed by atoms with E-state index in [0.29, 0.717) is 18.9 Å². The number of alkyl carbamates (subject to hydrolysis) is 1. The first-order valence-corrected chi connectivity index (χ1v) is 4.96. The van der Waals surface area contributed by atoms with Gasteiger partial charge in [0.15, 0.2) is 0 Å². The van der Waals surface area contributed by atoms with Gasteiger partial charge in [-0.1, -0.05) is 20.8 Å². The largest absolute Gasteiger partial charge is 0.449 e. The number of ether oxygens (including phenoxy) is 1. The Hall–Kier alpha value is -1.17. The lowest BCUT2D eigenvalue weighted by molar-refractivity contribution is 0.129. The Kier molecular flexibility index (Phi) is 6.65. The first-order valence-electron chi connectivity index (χ1n) is 4.96. The van der Waals surface area contributed by atoms with Gasteiger partial charge in [0.25, 0.3) is 0 Å². The molecule has 1 N–H and O–H groups in total. The Bertz CT molecular complexity index is 206. The van der Waals surface area contributed by atoms with Crippen molar-refractivity contribution in [3.05, 3.63) is 0 Å². The number of amides is 1. The zero-order valence-electron chi connectivity index (χ0n) is 9.17. The summed E-state index contributed by atoms with van der Waals surface area (Å²) in [6.07, 6.45) is 6.16. The van der Waals surface area contributed by atoms with Gasteiger partial charge in [0.1, 0.15) is 0 Å². The molecule has 0 aliphatic heterocycles. The maximum absolute atomic E-state index is 11.2. The Morgan fingerprint density at radius 1 is 1.57 bits per heavy atom. The van der Waals surface area contributed by atoms with E-state index < -0.39 is 0 Å². The van der Waals surface area contributed by atoms with Gasteiger partial charge in [-0.2, -0.15) is 0 Å². The van der Waals surface area contributed by atoms with Gasteiger partial charge in [0.2, 0.25) is 0 Å². The van der Waals surface area contributed by atoms with Crippen molar-refractivity contribution in [3.63, 3.8) is 0 Å². The molecule has 0 saturated carbocycles. The molecule has 0 aliphatic rings. The van der Waals surface area contributed by atoms with Crippen molar-refractivity contribution in [1.29, 1.82) is 0 Å². The van der Waals surface area contributed by atoms with Crippen LogP contribution in [-0.4, -0.2) is 18.7 Å². The van der Waals surface area contributed by atoms with E-state index in [4.69, 9.17) is 11.2 Å². The molecule has 0 aromatic heterocycles. The van der Waals surface area contributed by atoms with Gasteiger partial charge in [0.05, 0.1) is 6.61 Å². The fourth-order valence-electron chi connectivity index (χ4n) is 0.890. The zero-order chi connectivity index (χ0) is 11.0. The second kappa shape index (κ2) is 7.25. The predicted octanol–water partition coefficient (Wildman–Crippen LogP) is 2.17. The van der Waals surface area contributed by atoms with Gasteiger partial charge in [-0.05, 0) is 12.3 Å². The zero-order valence-corrected chi connectivity index (χ0v) is 9.17. The summed E-state index contributed by atoms with van der Waals surface area (Å²) >= 11 is 0. The quantitative estimate of drug-likeness (QED) is 0.686. The van der Waals surface area contributed by atoms with Crippen LogP contribution in [0.15, 0.2) is 0 Å². The fraction of sp³-hybridized carbons (Fsp3) is 0.727. The summed E-state index contributed by atoms with van der Waals surface area (Å²) in [5.41, 5.74) is 0. The summed E-state index contributed by atoms with van der Waals surface area (Å²) in [5, 5.41) is 2.72. The molecule has 3 nitrogen and oxygen atoms in total. The standard InChI is InChI=1S/C11H19NO2/c1-5-7-10(6-2)12-11(13)14-8-9(3)4/h1,9-10H,6-8H2,2-4H3,(H,12,13). The van der Waals surface area contributed by atoms with Gasteiger partial charge < -0.3 is 10.1 Å². The summed E-state index contributed by atoms with van der Waals surface area (Å²) in [6.45, 7) is 6.40. The highest BCUT2D eigenvalue weighted by Crippen LogP contribution is 1.98. The molecule has 0 saturated heterocycles. The van der Waals surface area contributed by atoms with Gasteiger partial charge in [0, 0.05) is 12.5 Å². The van der Waals surface area contributed by atoms with Crippen LogP contribution in [0.4, 0.5) is 4.79 Å². The van der Waals surface area contributed by atoms with Crippen molar-refractivity contribution in [2.24, 2.45) is 5.92 Å². The summed E-state index contributed by atoms with van der Waals surface area (Å²) in [7, 11) is 0. The lowest BCUT2D eigenvalue weighted by Crippen LogP contribution is -2.35. The van der Waals surface area contributed by atoms with Crippen LogP contribution in [0.2, 0.25) is 0 Å². The molecular formula is C11H19NO2. The van der Waals surface area contributed by atoms with Crippen LogP contribution in [-0.2, 0) is 4.74 Å². The average Bonchev–Trinajstić information content (AvgIpc) is 2.14. The summed E-state index contributed by atoms with van der Waals surface area (Å²) < 4.78 is 4.96. The van der Waals surface area contributed by atoms with Crippen LogP contribution in [0.3, 0.4) is 0 Å². The topological polar surface area (TPSA) is 38.3 Å². The highest BCUT2D eigenvalue weighted by atomic mass is 16.5. The molecule has 14 heavy (non-hydrogen) atoms. The van der Waals surface area contributed by atoms with Crippen LogP contribution < -0.4 is 5.32 Å². The van der Waals surface area contributed by atoms with Crippen molar-refractivity contribution in [3.8, 4) is 12.3 Å². The van der Waals surface area contributed by atoms with Crippen molar-refractivity contribution in [1.82, 2.24) is 5.32 Å². The minimum absolute atomic E-state index is 0.0275. The third-order valence-corrected chi connectivity index (χ3v) is 1.73. The molecular weight excluding hydrogens is 178 g/mol. The second-order valence-electron chi connectivity index (χ2n) is 3.65. The molecule has 0 radical (unpaired) electrons. The fourth-order valence-corrected chi connectivity index (χ4v) is 0.890. The van der Waals surface area contributed by atoms with Crippen LogP contribution in [0.1, 0.15) is 33.6 Å². The summed E-state index contributed by atoms with van der Waals surface area (Å²) in [5.74, 6) is 2.87. The Labute approximate surface area is 86.2 Å². The normalized spacial score (nSPS) is 11.9. The SMILES string of the molecule is C#CCC(CC)NC(=O)OCC(C)C. The minimum atomic E-state index is -0.374. The lowest BCUT2D eigenvalue weighted by Gasteiger charge is -2.14. The van der Waals surface area contributed by atoms with Crippen molar-refractivity contribution >= 4 is 6.09 Å². The molecule has 0 rings (SSSR count). The molecule has 0 aliphatic carbocycles. The Morgan fingerprint density at radius 3 is 2.64 bits per heavy atom. The van der Waals surface area contributed by atoms with Gasteiger partial charge in [-0.25, -0.2) is 4.79 Å². The van der Waals surface area contributed by atoms with Gasteiger partial charge in [-0.15, -0.1) is 12.3 Å². The monoisotopic (exact) mass is 197 g/mol. The number of nitrogens with one attached hydrogen (secondary N) is 1. The van der Waals surface area contributed by atoms with Crippen LogP contribution in [0, 0.1) is 18.3 Å². The highest BCUT2D eigenvalue weighted by Gasteiger charge is 2.10. The molecule has 0 aromatic carbocycles. The van der Waals surface area contributed by atoms with Crippen LogP contribution >= 0.6 is 0 Å². The third kappa shape index (κ3) is 6.36. The van der Waals surface area contributed by atoms with E-state index >= 15 is 0 Å². The predicted molar refractivity (Wildman–Crippen MR) is 56.9 cm³/mol. The van der Waals surface area contributed by atoms with Crippen LogP contribution in [0.5, 0.6) is 0 Å². The molecule has 80 valence electrons. The molecule has 1 atom stereocenters. The number of hydrogen-bond acceptors (Lipinski definition) is 2. The van der Waals surface area contributed by atoms with Crippen molar-refractivity contribution < 1.29 is 9.53 Å². The smallest absolute Gasteiger partial charge is 0.407 e. The number of terminal acetylenes is 1. The lowest BCUT2D eigenvalue weighted by atomic mass is 10.2. The van der Waals surface area contributed by atoms with E-state index in [1.54, 1.807) is 0 Å². The second-order valence-corrected chi connectivity index (χ2v) is 3.65. The number of carbonyl (C=O) groups excluding carboxylic acids is 1. The molecule has 0 spiro atoms. The number of carbonyl (C=O) groups is 1. The Balaban J connectivity index is 3.74. The van der Waals surface area contributed by atoms with E-state index in [9.17, 15) is 4.79 Å². The maximum Gasteiger partial charge on any atom is 0.407 e. The molecule has 0 aromatic rings. The minimum Gasteiger partial charge on any atom is -0.449 e. The molecule has 1 unspecified atom stereocenters. The van der Waals surface area contributed by atoms with E-state index in [1.165, 1.54) is 0 Å². The van der Waals surface area contributed by atoms with Crippen molar-refractivity contribution in [2.75, 3.05) is 6.61 Å².